The number of nitrogens with one attached hydrogen (secondary N) is 2. The molecule has 0 saturated heterocycles. The molecule has 1 saturated carbocycles. The van der Waals surface area contributed by atoms with E-state index in [-0.39, 0.29) is 16.5 Å². The Labute approximate surface area is 159 Å². The van der Waals surface area contributed by atoms with E-state index in [1.54, 1.807) is 18.2 Å². The largest absolute Gasteiger partial charge is 0.497 e. The summed E-state index contributed by atoms with van der Waals surface area (Å²) in [6.07, 6.45) is 5.94. The fraction of sp³-hybridized carbons (Fsp3) is 0.444. The molecule has 0 bridgehead atoms. The highest BCUT2D eigenvalue weighted by Crippen LogP contribution is 2.29. The zero-order valence-corrected chi connectivity index (χ0v) is 16.3. The summed E-state index contributed by atoms with van der Waals surface area (Å²) >= 11 is 0. The Kier molecular flexibility index (Phi) is 6.00. The Bertz CT molecular complexity index is 865. The summed E-state index contributed by atoms with van der Waals surface area (Å²) in [6, 6.07) is 8.21. The predicted molar refractivity (Wildman–Crippen MR) is 103 cm³/mol. The summed E-state index contributed by atoms with van der Waals surface area (Å²) in [5.41, 5.74) is 0. The van der Waals surface area contributed by atoms with Crippen molar-refractivity contribution in [3.8, 4) is 11.5 Å². The molecule has 1 aromatic carbocycles. The van der Waals surface area contributed by atoms with Gasteiger partial charge in [0, 0.05) is 12.1 Å². The number of methoxy groups -OCH3 is 2. The van der Waals surface area contributed by atoms with Crippen molar-refractivity contribution < 1.29 is 17.9 Å². The van der Waals surface area contributed by atoms with Crippen molar-refractivity contribution in [2.45, 2.75) is 43.0 Å². The van der Waals surface area contributed by atoms with Gasteiger partial charge in [0.1, 0.15) is 22.2 Å². The van der Waals surface area contributed by atoms with Gasteiger partial charge in [0.2, 0.25) is 0 Å². The number of hydrogen-bond donors (Lipinski definition) is 2. The molecule has 0 unspecified atom stereocenters. The third-order valence-corrected chi connectivity index (χ3v) is 5.92. The quantitative estimate of drug-likeness (QED) is 0.746. The maximum absolute atomic E-state index is 12.7. The Morgan fingerprint density at radius 1 is 0.963 bits per heavy atom. The molecule has 1 aromatic heterocycles. The van der Waals surface area contributed by atoms with Gasteiger partial charge in [-0.3, -0.25) is 4.72 Å². The highest BCUT2D eigenvalue weighted by molar-refractivity contribution is 7.92. The molecule has 1 fully saturated rings. The van der Waals surface area contributed by atoms with Crippen LogP contribution in [0.15, 0.2) is 35.2 Å². The third kappa shape index (κ3) is 4.79. The number of sulfonamides is 1. The standard InChI is InChI=1S/C18H24N4O4S/c1-25-14-8-9-16(15(12-14)26-2)27(23,24)22-18-11-10-17(20-21-18)19-13-6-4-3-5-7-13/h8-13H,3-7H2,1-2H3,(H,19,20)(H,21,22). The molecule has 0 atom stereocenters. The number of anilines is 2. The average molecular weight is 392 g/mol. The number of benzene rings is 1. The number of rotatable bonds is 7. The summed E-state index contributed by atoms with van der Waals surface area (Å²) < 4.78 is 38.0. The summed E-state index contributed by atoms with van der Waals surface area (Å²) in [5, 5.41) is 11.4. The topological polar surface area (TPSA) is 102 Å². The van der Waals surface area contributed by atoms with E-state index in [9.17, 15) is 8.42 Å². The van der Waals surface area contributed by atoms with Gasteiger partial charge in [-0.25, -0.2) is 8.42 Å². The van der Waals surface area contributed by atoms with Gasteiger partial charge in [0.25, 0.3) is 10.0 Å². The van der Waals surface area contributed by atoms with Gasteiger partial charge in [-0.05, 0) is 37.1 Å². The number of hydrogen-bond acceptors (Lipinski definition) is 7. The van der Waals surface area contributed by atoms with E-state index >= 15 is 0 Å². The Morgan fingerprint density at radius 2 is 1.67 bits per heavy atom. The second-order valence-corrected chi connectivity index (χ2v) is 8.06. The molecule has 8 nitrogen and oxygen atoms in total. The van der Waals surface area contributed by atoms with E-state index < -0.39 is 10.0 Å². The van der Waals surface area contributed by atoms with E-state index in [1.165, 1.54) is 45.6 Å². The number of aromatic nitrogens is 2. The Balaban J connectivity index is 1.72. The summed E-state index contributed by atoms with van der Waals surface area (Å²) in [5.74, 6) is 1.48. The molecule has 1 aliphatic carbocycles. The van der Waals surface area contributed by atoms with Crippen LogP contribution < -0.4 is 19.5 Å². The molecule has 0 radical (unpaired) electrons. The molecule has 0 aliphatic heterocycles. The first-order valence-electron chi connectivity index (χ1n) is 8.87. The van der Waals surface area contributed by atoms with Crippen LogP contribution in [0.5, 0.6) is 11.5 Å². The van der Waals surface area contributed by atoms with Gasteiger partial charge in [0.05, 0.1) is 14.2 Å². The lowest BCUT2D eigenvalue weighted by atomic mass is 9.95. The molecule has 3 rings (SSSR count). The van der Waals surface area contributed by atoms with E-state index in [2.05, 4.69) is 20.2 Å². The van der Waals surface area contributed by atoms with E-state index in [1.807, 2.05) is 0 Å². The Hall–Kier alpha value is -2.55. The van der Waals surface area contributed by atoms with Gasteiger partial charge in [0.15, 0.2) is 5.82 Å². The van der Waals surface area contributed by atoms with Crippen LogP contribution in [0, 0.1) is 0 Å². The number of nitrogens with zero attached hydrogens (tertiary/aromatic N) is 2. The highest BCUT2D eigenvalue weighted by atomic mass is 32.2. The predicted octanol–water partition coefficient (Wildman–Crippen LogP) is 3.04. The van der Waals surface area contributed by atoms with Crippen LogP contribution in [0.3, 0.4) is 0 Å². The minimum absolute atomic E-state index is 0.00277. The minimum Gasteiger partial charge on any atom is -0.497 e. The average Bonchev–Trinajstić information content (AvgIpc) is 2.69. The second-order valence-electron chi connectivity index (χ2n) is 6.41. The third-order valence-electron chi connectivity index (χ3n) is 4.52. The molecular formula is C18H24N4O4S. The molecule has 9 heteroatoms. The number of ether oxygens (including phenoxy) is 2. The molecule has 1 heterocycles. The van der Waals surface area contributed by atoms with Crippen molar-refractivity contribution in [3.05, 3.63) is 30.3 Å². The normalized spacial score (nSPS) is 15.2. The molecular weight excluding hydrogens is 368 g/mol. The fourth-order valence-electron chi connectivity index (χ4n) is 3.11. The van der Waals surface area contributed by atoms with Crippen molar-refractivity contribution in [2.75, 3.05) is 24.3 Å². The van der Waals surface area contributed by atoms with Gasteiger partial charge >= 0.3 is 0 Å². The van der Waals surface area contributed by atoms with Gasteiger partial charge in [-0.1, -0.05) is 19.3 Å². The zero-order chi connectivity index (χ0) is 19.3. The molecule has 27 heavy (non-hydrogen) atoms. The Morgan fingerprint density at radius 3 is 2.30 bits per heavy atom. The lowest BCUT2D eigenvalue weighted by Gasteiger charge is -2.22. The summed E-state index contributed by atoms with van der Waals surface area (Å²) in [7, 11) is -0.973. The van der Waals surface area contributed by atoms with Crippen molar-refractivity contribution >= 4 is 21.7 Å². The molecule has 0 amide bonds. The van der Waals surface area contributed by atoms with Gasteiger partial charge < -0.3 is 14.8 Å². The smallest absolute Gasteiger partial charge is 0.266 e. The fourth-order valence-corrected chi connectivity index (χ4v) is 4.26. The van der Waals surface area contributed by atoms with Crippen molar-refractivity contribution in [1.29, 1.82) is 0 Å². The monoisotopic (exact) mass is 392 g/mol. The lowest BCUT2D eigenvalue weighted by molar-refractivity contribution is 0.386. The van der Waals surface area contributed by atoms with E-state index in [4.69, 9.17) is 9.47 Å². The van der Waals surface area contributed by atoms with E-state index in [0.29, 0.717) is 17.6 Å². The van der Waals surface area contributed by atoms with Crippen LogP contribution in [0.4, 0.5) is 11.6 Å². The van der Waals surface area contributed by atoms with Crippen LogP contribution in [-0.2, 0) is 10.0 Å². The molecule has 2 aromatic rings. The van der Waals surface area contributed by atoms with Crippen LogP contribution in [-0.4, -0.2) is 38.9 Å². The minimum atomic E-state index is -3.87. The summed E-state index contributed by atoms with van der Waals surface area (Å²) in [4.78, 5) is -0.00277. The SMILES string of the molecule is COc1ccc(S(=O)(=O)Nc2ccc(NC3CCCCC3)nn2)c(OC)c1. The van der Waals surface area contributed by atoms with Crippen LogP contribution >= 0.6 is 0 Å². The maximum Gasteiger partial charge on any atom is 0.266 e. The first-order valence-corrected chi connectivity index (χ1v) is 10.4. The van der Waals surface area contributed by atoms with Crippen LogP contribution in [0.1, 0.15) is 32.1 Å². The molecule has 0 spiro atoms. The van der Waals surface area contributed by atoms with Crippen LogP contribution in [0.2, 0.25) is 0 Å². The first-order chi connectivity index (χ1) is 13.0. The maximum atomic E-state index is 12.7. The molecule has 1 aliphatic rings. The second kappa shape index (κ2) is 8.43. The summed E-state index contributed by atoms with van der Waals surface area (Å²) in [6.45, 7) is 0. The van der Waals surface area contributed by atoms with Crippen LogP contribution in [0.25, 0.3) is 0 Å². The van der Waals surface area contributed by atoms with E-state index in [0.717, 1.165) is 12.8 Å². The van der Waals surface area contributed by atoms with Crippen molar-refractivity contribution in [3.63, 3.8) is 0 Å². The zero-order valence-electron chi connectivity index (χ0n) is 15.4. The van der Waals surface area contributed by atoms with Crippen molar-refractivity contribution in [1.82, 2.24) is 10.2 Å². The van der Waals surface area contributed by atoms with Crippen molar-refractivity contribution in [2.24, 2.45) is 0 Å². The molecule has 2 N–H and O–H groups in total. The molecule has 146 valence electrons. The van der Waals surface area contributed by atoms with Gasteiger partial charge in [-0.2, -0.15) is 0 Å². The highest BCUT2D eigenvalue weighted by Gasteiger charge is 2.21. The first kappa shape index (κ1) is 19.2. The van der Waals surface area contributed by atoms with Gasteiger partial charge in [-0.15, -0.1) is 10.2 Å². The lowest BCUT2D eigenvalue weighted by Crippen LogP contribution is -2.23.